The van der Waals surface area contributed by atoms with Gasteiger partial charge in [-0.2, -0.15) is 0 Å². The molecular weight excluding hydrogens is 135 g/mol. The van der Waals surface area contributed by atoms with Crippen LogP contribution in [0.1, 0.15) is 12.8 Å². The fourth-order valence-electron chi connectivity index (χ4n) is 0.424. The fourth-order valence-corrected chi connectivity index (χ4v) is 0.424. The van der Waals surface area contributed by atoms with Gasteiger partial charge < -0.3 is 9.90 Å². The quantitative estimate of drug-likeness (QED) is 0.371. The highest BCUT2D eigenvalue weighted by molar-refractivity contribution is 5.49. The predicted molar refractivity (Wildman–Crippen MR) is 36.3 cm³/mol. The second kappa shape index (κ2) is 4.73. The first-order chi connectivity index (χ1) is 4.72. The highest BCUT2D eigenvalue weighted by atomic mass is 19.1. The summed E-state index contributed by atoms with van der Waals surface area (Å²) in [6.07, 6.45) is 1.63. The molecule has 0 rings (SSSR count). The van der Waals surface area contributed by atoms with Crippen LogP contribution >= 0.6 is 0 Å². The fraction of sp³-hybridized carbons (Fsp3) is 0.286. The van der Waals surface area contributed by atoms with E-state index < -0.39 is 11.6 Å². The van der Waals surface area contributed by atoms with Gasteiger partial charge in [0.15, 0.2) is 0 Å². The number of carbonyl (C=O) groups excluding carboxylic acids is 1. The Morgan fingerprint density at radius 1 is 1.70 bits per heavy atom. The van der Waals surface area contributed by atoms with Crippen LogP contribution in [0, 0.1) is 0 Å². The molecule has 0 saturated carbocycles. The summed E-state index contributed by atoms with van der Waals surface area (Å²) in [6, 6.07) is 0. The smallest absolute Gasteiger partial charge is 0.146 e. The first-order valence-electron chi connectivity index (χ1n) is 2.86. The van der Waals surface area contributed by atoms with Crippen LogP contribution < -0.4 is 0 Å². The zero-order valence-electron chi connectivity index (χ0n) is 5.51. The topological polar surface area (TPSA) is 37.3 Å². The normalized spacial score (nSPS) is 12.1. The van der Waals surface area contributed by atoms with E-state index in [1.54, 1.807) is 0 Å². The number of halogens is 1. The van der Waals surface area contributed by atoms with Crippen molar-refractivity contribution in [1.82, 2.24) is 0 Å². The van der Waals surface area contributed by atoms with Gasteiger partial charge in [0.2, 0.25) is 0 Å². The number of rotatable bonds is 4. The largest absolute Gasteiger partial charge is 0.505 e. The third kappa shape index (κ3) is 3.02. The molecule has 0 atom stereocenters. The van der Waals surface area contributed by atoms with Gasteiger partial charge in [-0.05, 0) is 6.08 Å². The average molecular weight is 144 g/mol. The Labute approximate surface area is 58.7 Å². The zero-order chi connectivity index (χ0) is 7.98. The summed E-state index contributed by atoms with van der Waals surface area (Å²) in [5.41, 5.74) is 0. The van der Waals surface area contributed by atoms with E-state index in [0.717, 1.165) is 6.08 Å². The highest BCUT2D eigenvalue weighted by Gasteiger charge is 1.99. The monoisotopic (exact) mass is 144 g/mol. The van der Waals surface area contributed by atoms with Gasteiger partial charge in [-0.15, -0.1) is 0 Å². The molecule has 0 aliphatic rings. The maximum Gasteiger partial charge on any atom is 0.146 e. The highest BCUT2D eigenvalue weighted by Crippen LogP contribution is 2.09. The van der Waals surface area contributed by atoms with Crippen LogP contribution in [0.4, 0.5) is 4.39 Å². The molecule has 1 N–H and O–H groups in total. The SMILES string of the molecule is C=C/C(O)=C(/F)CCC=O. The first-order valence-corrected chi connectivity index (χ1v) is 2.86. The van der Waals surface area contributed by atoms with Crippen molar-refractivity contribution in [3.8, 4) is 0 Å². The number of hydrogen-bond donors (Lipinski definition) is 1. The summed E-state index contributed by atoms with van der Waals surface area (Å²) >= 11 is 0. The number of aliphatic hydroxyl groups excluding tert-OH is 1. The van der Waals surface area contributed by atoms with E-state index in [2.05, 4.69) is 6.58 Å². The van der Waals surface area contributed by atoms with Crippen molar-refractivity contribution in [2.24, 2.45) is 0 Å². The van der Waals surface area contributed by atoms with Gasteiger partial charge in [-0.1, -0.05) is 6.58 Å². The van der Waals surface area contributed by atoms with Crippen molar-refractivity contribution in [2.45, 2.75) is 12.8 Å². The Morgan fingerprint density at radius 2 is 2.30 bits per heavy atom. The molecule has 0 aromatic rings. The number of allylic oxidation sites excluding steroid dienone is 2. The van der Waals surface area contributed by atoms with Crippen LogP contribution in [-0.2, 0) is 4.79 Å². The number of hydrogen-bond acceptors (Lipinski definition) is 2. The van der Waals surface area contributed by atoms with Gasteiger partial charge in [0.05, 0.1) is 0 Å². The standard InChI is InChI=1S/C7H9FO2/c1-2-7(10)6(8)4-3-5-9/h2,5,10H,1,3-4H2/b7-6-. The molecule has 3 heteroatoms. The van der Waals surface area contributed by atoms with E-state index in [-0.39, 0.29) is 12.8 Å². The Balaban J connectivity index is 3.90. The molecule has 0 heterocycles. The van der Waals surface area contributed by atoms with Gasteiger partial charge in [0.1, 0.15) is 17.9 Å². The summed E-state index contributed by atoms with van der Waals surface area (Å²) in [6.45, 7) is 3.15. The molecule has 10 heavy (non-hydrogen) atoms. The first kappa shape index (κ1) is 8.88. The van der Waals surface area contributed by atoms with Crippen molar-refractivity contribution >= 4 is 6.29 Å². The average Bonchev–Trinajstić information content (AvgIpc) is 1.98. The minimum atomic E-state index is -0.693. The second-order valence-electron chi connectivity index (χ2n) is 1.70. The molecule has 0 aromatic heterocycles. The molecule has 0 aliphatic carbocycles. The van der Waals surface area contributed by atoms with Crippen LogP contribution in [-0.4, -0.2) is 11.4 Å². The van der Waals surface area contributed by atoms with E-state index in [4.69, 9.17) is 5.11 Å². The Bertz CT molecular complexity index is 161. The van der Waals surface area contributed by atoms with Crippen molar-refractivity contribution in [1.29, 1.82) is 0 Å². The molecule has 0 radical (unpaired) electrons. The third-order valence-corrected chi connectivity index (χ3v) is 0.953. The molecule has 0 aliphatic heterocycles. The van der Waals surface area contributed by atoms with E-state index >= 15 is 0 Å². The minimum Gasteiger partial charge on any atom is -0.505 e. The summed E-state index contributed by atoms with van der Waals surface area (Å²) in [5.74, 6) is -1.18. The summed E-state index contributed by atoms with van der Waals surface area (Å²) in [7, 11) is 0. The van der Waals surface area contributed by atoms with Crippen LogP contribution in [0.2, 0.25) is 0 Å². The summed E-state index contributed by atoms with van der Waals surface area (Å²) in [5, 5.41) is 8.62. The Hall–Kier alpha value is -1.12. The van der Waals surface area contributed by atoms with Crippen molar-refractivity contribution < 1.29 is 14.3 Å². The predicted octanol–water partition coefficient (Wildman–Crippen LogP) is 1.89. The molecule has 0 aromatic carbocycles. The molecule has 0 bridgehead atoms. The van der Waals surface area contributed by atoms with Gasteiger partial charge in [0, 0.05) is 12.8 Å². The van der Waals surface area contributed by atoms with Crippen LogP contribution in [0.3, 0.4) is 0 Å². The van der Waals surface area contributed by atoms with Gasteiger partial charge >= 0.3 is 0 Å². The van der Waals surface area contributed by atoms with E-state index in [9.17, 15) is 9.18 Å². The lowest BCUT2D eigenvalue weighted by Gasteiger charge is -1.93. The molecule has 0 unspecified atom stereocenters. The summed E-state index contributed by atoms with van der Waals surface area (Å²) in [4.78, 5) is 9.72. The van der Waals surface area contributed by atoms with Crippen molar-refractivity contribution in [3.63, 3.8) is 0 Å². The molecule has 56 valence electrons. The van der Waals surface area contributed by atoms with E-state index in [1.165, 1.54) is 0 Å². The molecule has 0 fully saturated rings. The molecule has 0 saturated heterocycles. The van der Waals surface area contributed by atoms with Crippen LogP contribution in [0.25, 0.3) is 0 Å². The third-order valence-electron chi connectivity index (χ3n) is 0.953. The Morgan fingerprint density at radius 3 is 2.70 bits per heavy atom. The van der Waals surface area contributed by atoms with E-state index in [1.807, 2.05) is 0 Å². The molecule has 0 amide bonds. The molecule has 0 spiro atoms. The molecule has 2 nitrogen and oxygen atoms in total. The maximum atomic E-state index is 12.4. The lowest BCUT2D eigenvalue weighted by molar-refractivity contribution is -0.107. The molecular formula is C7H9FO2. The lowest BCUT2D eigenvalue weighted by atomic mass is 10.2. The van der Waals surface area contributed by atoms with Crippen LogP contribution in [0.5, 0.6) is 0 Å². The van der Waals surface area contributed by atoms with Gasteiger partial charge in [-0.3, -0.25) is 0 Å². The van der Waals surface area contributed by atoms with Crippen molar-refractivity contribution in [2.75, 3.05) is 0 Å². The Kier molecular flexibility index (Phi) is 4.20. The second-order valence-corrected chi connectivity index (χ2v) is 1.70. The lowest BCUT2D eigenvalue weighted by Crippen LogP contribution is -1.83. The van der Waals surface area contributed by atoms with Gasteiger partial charge in [0.25, 0.3) is 0 Å². The van der Waals surface area contributed by atoms with Crippen molar-refractivity contribution in [3.05, 3.63) is 24.2 Å². The maximum absolute atomic E-state index is 12.4. The van der Waals surface area contributed by atoms with Crippen LogP contribution in [0.15, 0.2) is 24.2 Å². The number of aldehydes is 1. The zero-order valence-corrected chi connectivity index (χ0v) is 5.51. The summed E-state index contributed by atoms with van der Waals surface area (Å²) < 4.78 is 12.4. The number of aliphatic hydroxyl groups is 1. The van der Waals surface area contributed by atoms with E-state index in [0.29, 0.717) is 6.29 Å². The van der Waals surface area contributed by atoms with Gasteiger partial charge in [-0.25, -0.2) is 4.39 Å². The minimum absolute atomic E-state index is 0.0542. The number of carbonyl (C=O) groups is 1.